The summed E-state index contributed by atoms with van der Waals surface area (Å²) in [4.78, 5) is 14.0. The molecule has 0 aliphatic rings. The lowest BCUT2D eigenvalue weighted by molar-refractivity contribution is 0.246. The minimum atomic E-state index is -0.0442. The van der Waals surface area contributed by atoms with Crippen LogP contribution in [0.1, 0.15) is 18.1 Å². The van der Waals surface area contributed by atoms with Crippen molar-refractivity contribution in [1.29, 1.82) is 0 Å². The van der Waals surface area contributed by atoms with Crippen LogP contribution in [-0.2, 0) is 6.42 Å². The lowest BCUT2D eigenvalue weighted by atomic mass is 10.1. The number of nitrogens with zero attached hydrogens (tertiary/aromatic N) is 1. The van der Waals surface area contributed by atoms with Crippen molar-refractivity contribution in [2.24, 2.45) is 0 Å². The van der Waals surface area contributed by atoms with Crippen LogP contribution in [-0.4, -0.2) is 19.1 Å². The van der Waals surface area contributed by atoms with Crippen molar-refractivity contribution in [3.63, 3.8) is 0 Å². The molecule has 1 N–H and O–H groups in total. The zero-order chi connectivity index (χ0) is 15.1. The highest BCUT2D eigenvalue weighted by atomic mass is 16.2. The second-order valence-electron chi connectivity index (χ2n) is 4.99. The van der Waals surface area contributed by atoms with Crippen molar-refractivity contribution in [3.05, 3.63) is 65.7 Å². The number of amides is 2. The molecule has 0 bridgehead atoms. The maximum atomic E-state index is 12.3. The molecule has 2 amide bonds. The fourth-order valence-electron chi connectivity index (χ4n) is 2.34. The first kappa shape index (κ1) is 15.1. The first-order chi connectivity index (χ1) is 10.2. The van der Waals surface area contributed by atoms with Gasteiger partial charge in [0, 0.05) is 18.8 Å². The highest BCUT2D eigenvalue weighted by molar-refractivity contribution is 5.91. The van der Waals surface area contributed by atoms with E-state index in [2.05, 4.69) is 24.4 Å². The van der Waals surface area contributed by atoms with E-state index in [1.807, 2.05) is 49.4 Å². The molecule has 0 spiro atoms. The van der Waals surface area contributed by atoms with Crippen LogP contribution in [0.2, 0.25) is 0 Å². The molecule has 110 valence electrons. The van der Waals surface area contributed by atoms with Gasteiger partial charge in [0.2, 0.25) is 0 Å². The van der Waals surface area contributed by atoms with Crippen LogP contribution >= 0.6 is 0 Å². The third-order valence-corrected chi connectivity index (χ3v) is 3.56. The van der Waals surface area contributed by atoms with Gasteiger partial charge < -0.3 is 5.32 Å². The third-order valence-electron chi connectivity index (χ3n) is 3.56. The van der Waals surface area contributed by atoms with Gasteiger partial charge in [0.25, 0.3) is 0 Å². The van der Waals surface area contributed by atoms with Crippen LogP contribution in [0.3, 0.4) is 0 Å². The fraction of sp³-hybridized carbons (Fsp3) is 0.278. The summed E-state index contributed by atoms with van der Waals surface area (Å²) < 4.78 is 0. The van der Waals surface area contributed by atoms with Crippen molar-refractivity contribution in [2.75, 3.05) is 18.0 Å². The third kappa shape index (κ3) is 4.09. The minimum absolute atomic E-state index is 0.0442. The molecule has 0 saturated carbocycles. The Hall–Kier alpha value is -2.29. The first-order valence-corrected chi connectivity index (χ1v) is 7.37. The Morgan fingerprint density at radius 2 is 1.71 bits per heavy atom. The van der Waals surface area contributed by atoms with Crippen LogP contribution in [0.15, 0.2) is 54.6 Å². The largest absolute Gasteiger partial charge is 0.337 e. The average molecular weight is 282 g/mol. The van der Waals surface area contributed by atoms with Crippen molar-refractivity contribution in [3.8, 4) is 0 Å². The summed E-state index contributed by atoms with van der Waals surface area (Å²) in [7, 11) is 0. The quantitative estimate of drug-likeness (QED) is 0.889. The number of rotatable bonds is 5. The van der Waals surface area contributed by atoms with E-state index in [-0.39, 0.29) is 6.03 Å². The summed E-state index contributed by atoms with van der Waals surface area (Å²) in [6, 6.07) is 18.0. The molecule has 0 aliphatic heterocycles. The van der Waals surface area contributed by atoms with E-state index in [4.69, 9.17) is 0 Å². The molecule has 3 nitrogen and oxygen atoms in total. The van der Waals surface area contributed by atoms with Gasteiger partial charge in [-0.1, -0.05) is 42.5 Å². The molecule has 3 heteroatoms. The highest BCUT2D eigenvalue weighted by Gasteiger charge is 2.12. The number of hydrogen-bond acceptors (Lipinski definition) is 1. The van der Waals surface area contributed by atoms with Crippen molar-refractivity contribution in [2.45, 2.75) is 20.3 Å². The fourth-order valence-corrected chi connectivity index (χ4v) is 2.34. The van der Waals surface area contributed by atoms with Gasteiger partial charge in [0.1, 0.15) is 0 Å². The van der Waals surface area contributed by atoms with E-state index in [1.54, 1.807) is 4.90 Å². The van der Waals surface area contributed by atoms with Crippen LogP contribution in [0.5, 0.6) is 0 Å². The van der Waals surface area contributed by atoms with E-state index < -0.39 is 0 Å². The topological polar surface area (TPSA) is 32.3 Å². The Balaban J connectivity index is 1.90. The molecular formula is C18H22N2O. The normalized spacial score (nSPS) is 10.2. The number of urea groups is 1. The Kier molecular flexibility index (Phi) is 5.38. The van der Waals surface area contributed by atoms with E-state index in [0.29, 0.717) is 13.1 Å². The second-order valence-corrected chi connectivity index (χ2v) is 4.99. The molecule has 0 unspecified atom stereocenters. The van der Waals surface area contributed by atoms with Crippen LogP contribution in [0, 0.1) is 6.92 Å². The lowest BCUT2D eigenvalue weighted by Crippen LogP contribution is -2.40. The summed E-state index contributed by atoms with van der Waals surface area (Å²) in [6.45, 7) is 5.38. The van der Waals surface area contributed by atoms with E-state index in [0.717, 1.165) is 12.1 Å². The molecule has 0 aromatic heterocycles. The molecule has 0 saturated heterocycles. The van der Waals surface area contributed by atoms with E-state index >= 15 is 0 Å². The summed E-state index contributed by atoms with van der Waals surface area (Å²) in [5.41, 5.74) is 3.47. The van der Waals surface area contributed by atoms with Crippen LogP contribution < -0.4 is 10.2 Å². The molecule has 0 heterocycles. The predicted octanol–water partition coefficient (Wildman–Crippen LogP) is 3.77. The monoisotopic (exact) mass is 282 g/mol. The summed E-state index contributed by atoms with van der Waals surface area (Å²) >= 11 is 0. The Bertz CT molecular complexity index is 581. The molecule has 0 fully saturated rings. The van der Waals surface area contributed by atoms with Gasteiger partial charge in [0.05, 0.1) is 0 Å². The van der Waals surface area contributed by atoms with Gasteiger partial charge in [-0.15, -0.1) is 0 Å². The number of carbonyl (C=O) groups excluding carboxylic acids is 1. The Morgan fingerprint density at radius 3 is 2.38 bits per heavy atom. The molecule has 0 aliphatic carbocycles. The van der Waals surface area contributed by atoms with Crippen molar-refractivity contribution in [1.82, 2.24) is 5.32 Å². The molecule has 2 rings (SSSR count). The smallest absolute Gasteiger partial charge is 0.321 e. The molecule has 0 atom stereocenters. The number of aryl methyl sites for hydroxylation is 1. The number of para-hydroxylation sites is 1. The molecular weight excluding hydrogens is 260 g/mol. The second kappa shape index (κ2) is 7.48. The summed E-state index contributed by atoms with van der Waals surface area (Å²) in [5.74, 6) is 0. The van der Waals surface area contributed by atoms with Gasteiger partial charge in [-0.2, -0.15) is 0 Å². The average Bonchev–Trinajstić information content (AvgIpc) is 2.51. The predicted molar refractivity (Wildman–Crippen MR) is 87.7 cm³/mol. The van der Waals surface area contributed by atoms with E-state index in [1.165, 1.54) is 11.1 Å². The maximum absolute atomic E-state index is 12.3. The van der Waals surface area contributed by atoms with Gasteiger partial charge in [-0.3, -0.25) is 4.90 Å². The zero-order valence-corrected chi connectivity index (χ0v) is 12.7. The van der Waals surface area contributed by atoms with Gasteiger partial charge in [-0.05, 0) is 43.5 Å². The zero-order valence-electron chi connectivity index (χ0n) is 12.7. The summed E-state index contributed by atoms with van der Waals surface area (Å²) in [5, 5.41) is 2.99. The van der Waals surface area contributed by atoms with Gasteiger partial charge >= 0.3 is 6.03 Å². The number of anilines is 1. The molecule has 2 aromatic rings. The minimum Gasteiger partial charge on any atom is -0.337 e. The maximum Gasteiger partial charge on any atom is 0.321 e. The van der Waals surface area contributed by atoms with E-state index in [9.17, 15) is 4.79 Å². The summed E-state index contributed by atoms with van der Waals surface area (Å²) in [6.07, 6.45) is 0.852. The van der Waals surface area contributed by atoms with Crippen molar-refractivity contribution >= 4 is 11.7 Å². The Morgan fingerprint density at radius 1 is 1.05 bits per heavy atom. The van der Waals surface area contributed by atoms with Crippen LogP contribution in [0.4, 0.5) is 10.5 Å². The standard InChI is InChI=1S/C18H22N2O/c1-3-20(17-11-5-4-6-12-17)18(21)19-14-13-16-10-8-7-9-15(16)2/h4-12H,3,13-14H2,1-2H3,(H,19,21). The molecule has 21 heavy (non-hydrogen) atoms. The number of hydrogen-bond donors (Lipinski definition) is 1. The molecule has 2 aromatic carbocycles. The van der Waals surface area contributed by atoms with Gasteiger partial charge in [-0.25, -0.2) is 4.79 Å². The lowest BCUT2D eigenvalue weighted by Gasteiger charge is -2.21. The number of benzene rings is 2. The Labute approximate surface area is 126 Å². The number of nitrogens with one attached hydrogen (secondary N) is 1. The first-order valence-electron chi connectivity index (χ1n) is 7.37. The SMILES string of the molecule is CCN(C(=O)NCCc1ccccc1C)c1ccccc1. The van der Waals surface area contributed by atoms with Crippen LogP contribution in [0.25, 0.3) is 0 Å². The molecule has 0 radical (unpaired) electrons. The van der Waals surface area contributed by atoms with Crippen molar-refractivity contribution < 1.29 is 4.79 Å². The number of carbonyl (C=O) groups is 1. The highest BCUT2D eigenvalue weighted by Crippen LogP contribution is 2.13. The van der Waals surface area contributed by atoms with Gasteiger partial charge in [0.15, 0.2) is 0 Å².